The summed E-state index contributed by atoms with van der Waals surface area (Å²) >= 11 is 0. The molecule has 1 aliphatic carbocycles. The summed E-state index contributed by atoms with van der Waals surface area (Å²) in [5.74, 6) is -0.0812. The van der Waals surface area contributed by atoms with Crippen molar-refractivity contribution >= 4 is 22.9 Å². The predicted octanol–water partition coefficient (Wildman–Crippen LogP) is 6.46. The number of Topliss-reactive ketones (excluding diaryl/α,β-unsaturated/α-hetero) is 1. The van der Waals surface area contributed by atoms with E-state index in [1.807, 2.05) is 30.3 Å². The molecule has 0 unspecified atom stereocenters. The predicted molar refractivity (Wildman–Crippen MR) is 134 cm³/mol. The molecule has 3 aliphatic rings. The molecule has 4 heteroatoms. The number of para-hydroxylation sites is 2. The number of allylic oxidation sites excluding steroid dienone is 5. The van der Waals surface area contributed by atoms with Gasteiger partial charge in [-0.3, -0.25) is 9.79 Å². The molecule has 5 rings (SSSR count). The largest absolute Gasteiger partial charge is 0.506 e. The number of nitrogens with zero attached hydrogens (tertiary/aromatic N) is 2. The van der Waals surface area contributed by atoms with Crippen LogP contribution in [0.3, 0.4) is 0 Å². The van der Waals surface area contributed by atoms with Gasteiger partial charge >= 0.3 is 0 Å². The summed E-state index contributed by atoms with van der Waals surface area (Å²) in [4.78, 5) is 20.2. The molecular weight excluding hydrogens is 408 g/mol. The summed E-state index contributed by atoms with van der Waals surface area (Å²) in [6.07, 6.45) is 3.64. The Morgan fingerprint density at radius 2 is 1.55 bits per heavy atom. The van der Waals surface area contributed by atoms with Gasteiger partial charge in [-0.15, -0.1) is 0 Å². The zero-order chi connectivity index (χ0) is 23.7. The van der Waals surface area contributed by atoms with Gasteiger partial charge in [-0.1, -0.05) is 64.1 Å². The number of carbonyl (C=O) groups is 1. The molecule has 0 amide bonds. The van der Waals surface area contributed by atoms with E-state index in [-0.39, 0.29) is 28.4 Å². The molecule has 2 aromatic carbocycles. The standard InChI is InChI=1S/C29H30N2O2/c1-17(2)31-23-14-10-8-12-21(23)29(5,6)25(31)16-19-26(32)18(27(19)33)15-24-28(3,4)20-11-7-9-13-22(20)30-24/h7-17,32H,1-6H3/b18-15-,25-16+. The Morgan fingerprint density at radius 3 is 2.18 bits per heavy atom. The fraction of sp³-hybridized carbons (Fsp3) is 0.310. The van der Waals surface area contributed by atoms with E-state index in [9.17, 15) is 9.90 Å². The van der Waals surface area contributed by atoms with Crippen LogP contribution in [0.1, 0.15) is 52.7 Å². The van der Waals surface area contributed by atoms with Gasteiger partial charge in [-0.2, -0.15) is 0 Å². The zero-order valence-electron chi connectivity index (χ0n) is 20.1. The summed E-state index contributed by atoms with van der Waals surface area (Å²) < 4.78 is 0. The van der Waals surface area contributed by atoms with Crippen LogP contribution in [0.15, 0.2) is 88.3 Å². The number of fused-ring (bicyclic) bond motifs is 2. The molecule has 0 saturated carbocycles. The number of hydrogen-bond donors (Lipinski definition) is 1. The minimum Gasteiger partial charge on any atom is -0.506 e. The van der Waals surface area contributed by atoms with E-state index >= 15 is 0 Å². The second-order valence-electron chi connectivity index (χ2n) is 10.4. The molecule has 2 aliphatic heterocycles. The van der Waals surface area contributed by atoms with Crippen LogP contribution in [-0.2, 0) is 15.6 Å². The third-order valence-corrected chi connectivity index (χ3v) is 7.27. The van der Waals surface area contributed by atoms with Crippen molar-refractivity contribution in [2.24, 2.45) is 4.99 Å². The van der Waals surface area contributed by atoms with Crippen LogP contribution in [0, 0.1) is 0 Å². The topological polar surface area (TPSA) is 52.9 Å². The van der Waals surface area contributed by atoms with Crippen LogP contribution < -0.4 is 4.90 Å². The Hall–Kier alpha value is -3.40. The highest BCUT2D eigenvalue weighted by atomic mass is 16.3. The first-order valence-electron chi connectivity index (χ1n) is 11.5. The Kier molecular flexibility index (Phi) is 4.58. The van der Waals surface area contributed by atoms with E-state index in [1.54, 1.807) is 6.08 Å². The van der Waals surface area contributed by atoms with Gasteiger partial charge in [-0.25, -0.2) is 0 Å². The van der Waals surface area contributed by atoms with Crippen molar-refractivity contribution in [3.8, 4) is 0 Å². The highest BCUT2D eigenvalue weighted by Crippen LogP contribution is 2.50. The molecular formula is C29H30N2O2. The van der Waals surface area contributed by atoms with Gasteiger partial charge in [0.25, 0.3) is 0 Å². The van der Waals surface area contributed by atoms with Gasteiger partial charge in [0.15, 0.2) is 0 Å². The fourth-order valence-electron chi connectivity index (χ4n) is 5.29. The van der Waals surface area contributed by atoms with E-state index in [1.165, 1.54) is 5.56 Å². The maximum Gasteiger partial charge on any atom is 0.200 e. The van der Waals surface area contributed by atoms with Crippen LogP contribution >= 0.6 is 0 Å². The van der Waals surface area contributed by atoms with Gasteiger partial charge in [0.1, 0.15) is 5.76 Å². The van der Waals surface area contributed by atoms with E-state index in [0.29, 0.717) is 11.1 Å². The van der Waals surface area contributed by atoms with Gasteiger partial charge in [0.05, 0.1) is 22.5 Å². The number of benzene rings is 2. The maximum absolute atomic E-state index is 13.2. The second kappa shape index (κ2) is 7.05. The van der Waals surface area contributed by atoms with Gasteiger partial charge < -0.3 is 10.0 Å². The average Bonchev–Trinajstić information content (AvgIpc) is 3.17. The Balaban J connectivity index is 1.55. The summed E-state index contributed by atoms with van der Waals surface area (Å²) in [6, 6.07) is 16.6. The minimum atomic E-state index is -0.318. The summed E-state index contributed by atoms with van der Waals surface area (Å²) in [7, 11) is 0. The minimum absolute atomic E-state index is 0.0532. The Bertz CT molecular complexity index is 1320. The van der Waals surface area contributed by atoms with Crippen molar-refractivity contribution in [3.05, 3.63) is 94.4 Å². The smallest absolute Gasteiger partial charge is 0.200 e. The number of aliphatic imine (C=N–C) groups is 1. The van der Waals surface area contributed by atoms with Gasteiger partial charge in [0, 0.05) is 28.3 Å². The van der Waals surface area contributed by atoms with Crippen LogP contribution in [0.25, 0.3) is 0 Å². The molecule has 0 spiro atoms. The lowest BCUT2D eigenvalue weighted by atomic mass is 9.77. The molecule has 4 nitrogen and oxygen atoms in total. The quantitative estimate of drug-likeness (QED) is 0.560. The van der Waals surface area contributed by atoms with E-state index < -0.39 is 0 Å². The third-order valence-electron chi connectivity index (χ3n) is 7.27. The highest BCUT2D eigenvalue weighted by molar-refractivity contribution is 6.25. The second-order valence-corrected chi connectivity index (χ2v) is 10.4. The first-order chi connectivity index (χ1) is 15.5. The molecule has 1 N–H and O–H groups in total. The average molecular weight is 439 g/mol. The van der Waals surface area contributed by atoms with Crippen molar-refractivity contribution in [2.45, 2.75) is 58.4 Å². The number of aliphatic hydroxyl groups is 1. The third kappa shape index (κ3) is 2.97. The lowest BCUT2D eigenvalue weighted by Gasteiger charge is -2.32. The summed E-state index contributed by atoms with van der Waals surface area (Å²) in [6.45, 7) is 12.8. The van der Waals surface area contributed by atoms with Crippen molar-refractivity contribution in [1.29, 1.82) is 0 Å². The van der Waals surface area contributed by atoms with Crippen LogP contribution in [0.4, 0.5) is 11.4 Å². The molecule has 2 aromatic rings. The Labute approximate surface area is 195 Å². The number of ketones is 1. The number of aliphatic hydroxyl groups excluding tert-OH is 1. The number of carbonyl (C=O) groups excluding carboxylic acids is 1. The van der Waals surface area contributed by atoms with Crippen molar-refractivity contribution in [2.75, 3.05) is 4.90 Å². The van der Waals surface area contributed by atoms with Gasteiger partial charge in [0.2, 0.25) is 5.78 Å². The number of rotatable bonds is 3. The van der Waals surface area contributed by atoms with Crippen LogP contribution in [0.5, 0.6) is 0 Å². The lowest BCUT2D eigenvalue weighted by molar-refractivity contribution is -0.113. The zero-order valence-corrected chi connectivity index (χ0v) is 20.1. The van der Waals surface area contributed by atoms with Crippen LogP contribution in [-0.4, -0.2) is 22.6 Å². The van der Waals surface area contributed by atoms with E-state index in [4.69, 9.17) is 4.99 Å². The lowest BCUT2D eigenvalue weighted by Crippen LogP contribution is -2.33. The summed E-state index contributed by atoms with van der Waals surface area (Å²) in [5, 5.41) is 10.9. The highest BCUT2D eigenvalue weighted by Gasteiger charge is 2.43. The van der Waals surface area contributed by atoms with Crippen LogP contribution in [0.2, 0.25) is 0 Å². The molecule has 33 heavy (non-hydrogen) atoms. The molecule has 0 bridgehead atoms. The van der Waals surface area contributed by atoms with Crippen molar-refractivity contribution < 1.29 is 9.90 Å². The van der Waals surface area contributed by atoms with Gasteiger partial charge in [-0.05, 0) is 49.3 Å². The fourth-order valence-corrected chi connectivity index (χ4v) is 5.29. The number of anilines is 1. The Morgan fingerprint density at radius 1 is 0.909 bits per heavy atom. The molecule has 0 fully saturated rings. The van der Waals surface area contributed by atoms with Crippen molar-refractivity contribution in [3.63, 3.8) is 0 Å². The normalized spacial score (nSPS) is 22.7. The SMILES string of the molecule is CC(C)N1/C(=C/C2=C(O)C(=C/C3=Nc4ccccc4C3(C)C)/C2=O)C(C)(C)c2ccccc21. The summed E-state index contributed by atoms with van der Waals surface area (Å²) in [5.41, 5.74) is 6.38. The van der Waals surface area contributed by atoms with E-state index in [0.717, 1.165) is 28.3 Å². The van der Waals surface area contributed by atoms with Crippen molar-refractivity contribution in [1.82, 2.24) is 0 Å². The molecule has 168 valence electrons. The first-order valence-corrected chi connectivity index (χ1v) is 11.5. The maximum atomic E-state index is 13.2. The molecule has 0 atom stereocenters. The van der Waals surface area contributed by atoms with E-state index in [2.05, 4.69) is 70.7 Å². The number of hydrogen-bond acceptors (Lipinski definition) is 4. The molecule has 2 heterocycles. The monoisotopic (exact) mass is 438 g/mol. The molecule has 0 radical (unpaired) electrons. The first kappa shape index (κ1) is 21.4. The molecule has 0 saturated heterocycles. The molecule has 0 aromatic heterocycles.